The molecule has 3 atom stereocenters. The van der Waals surface area contributed by atoms with Crippen molar-refractivity contribution < 1.29 is 9.72 Å². The summed E-state index contributed by atoms with van der Waals surface area (Å²) in [5.41, 5.74) is 3.36. The van der Waals surface area contributed by atoms with Crippen LogP contribution in [0.1, 0.15) is 30.5 Å². The van der Waals surface area contributed by atoms with Crippen LogP contribution in [0.2, 0.25) is 0 Å². The normalized spacial score (nSPS) is 30.4. The molecule has 1 saturated heterocycles. The maximum atomic E-state index is 12.7. The second kappa shape index (κ2) is 4.84. The summed E-state index contributed by atoms with van der Waals surface area (Å²) >= 11 is 0. The summed E-state index contributed by atoms with van der Waals surface area (Å²) in [6.45, 7) is 3.65. The maximum Gasteiger partial charge on any atom is 0.223 e. The summed E-state index contributed by atoms with van der Waals surface area (Å²) in [6.07, 6.45) is 2.13. The van der Waals surface area contributed by atoms with Crippen molar-refractivity contribution in [2.45, 2.75) is 38.3 Å². The third kappa shape index (κ3) is 1.72. The summed E-state index contributed by atoms with van der Waals surface area (Å²) in [4.78, 5) is 25.7. The highest BCUT2D eigenvalue weighted by Gasteiger charge is 2.63. The topological polar surface area (TPSA) is 68.4 Å². The van der Waals surface area contributed by atoms with E-state index in [0.717, 1.165) is 19.4 Å². The monoisotopic (exact) mass is 339 g/mol. The van der Waals surface area contributed by atoms with E-state index in [1.807, 2.05) is 0 Å². The first-order valence-corrected chi connectivity index (χ1v) is 9.04. The van der Waals surface area contributed by atoms with Gasteiger partial charge >= 0.3 is 0 Å². The Kier molecular flexibility index (Phi) is 2.89. The lowest BCUT2D eigenvalue weighted by atomic mass is 9.79. The van der Waals surface area contributed by atoms with Crippen molar-refractivity contribution in [3.63, 3.8) is 0 Å². The van der Waals surface area contributed by atoms with Gasteiger partial charge in [0.2, 0.25) is 12.5 Å². The van der Waals surface area contributed by atoms with Crippen molar-refractivity contribution >= 4 is 16.8 Å². The molecule has 0 radical (unpaired) electrons. The molecule has 5 rings (SSSR count). The van der Waals surface area contributed by atoms with E-state index in [0.29, 0.717) is 13.0 Å². The smallest absolute Gasteiger partial charge is 0.223 e. The van der Waals surface area contributed by atoms with Crippen LogP contribution in [0.15, 0.2) is 24.3 Å². The molecule has 1 saturated carbocycles. The van der Waals surface area contributed by atoms with E-state index in [9.17, 15) is 14.9 Å². The number of aryl methyl sites for hydroxylation is 1. The van der Waals surface area contributed by atoms with Crippen LogP contribution >= 0.6 is 0 Å². The first kappa shape index (κ1) is 14.9. The van der Waals surface area contributed by atoms with Gasteiger partial charge in [0.25, 0.3) is 0 Å². The van der Waals surface area contributed by atoms with Gasteiger partial charge in [0.1, 0.15) is 0 Å². The lowest BCUT2D eigenvalue weighted by molar-refractivity contribution is -0.489. The lowest BCUT2D eigenvalue weighted by Crippen LogP contribution is -2.51. The zero-order valence-corrected chi connectivity index (χ0v) is 14.3. The van der Waals surface area contributed by atoms with Gasteiger partial charge in [0, 0.05) is 52.9 Å². The first-order chi connectivity index (χ1) is 12.0. The molecule has 0 bridgehead atoms. The van der Waals surface area contributed by atoms with Crippen LogP contribution in [0.5, 0.6) is 0 Å². The number of nitrogens with zero attached hydrogens (tertiary/aromatic N) is 3. The fourth-order valence-corrected chi connectivity index (χ4v) is 6.00. The summed E-state index contributed by atoms with van der Waals surface area (Å²) < 4.78 is 2.38. The average Bonchev–Trinajstić information content (AvgIpc) is 3.17. The molecule has 3 heterocycles. The Hall–Kier alpha value is -2.37. The van der Waals surface area contributed by atoms with Crippen molar-refractivity contribution in [1.82, 2.24) is 9.47 Å². The highest BCUT2D eigenvalue weighted by molar-refractivity contribution is 5.88. The van der Waals surface area contributed by atoms with E-state index >= 15 is 0 Å². The van der Waals surface area contributed by atoms with E-state index in [1.165, 1.54) is 22.2 Å². The predicted octanol–water partition coefficient (Wildman–Crippen LogP) is 2.69. The van der Waals surface area contributed by atoms with Crippen molar-refractivity contribution in [2.24, 2.45) is 11.8 Å². The van der Waals surface area contributed by atoms with Gasteiger partial charge in [-0.15, -0.1) is 0 Å². The number of amides is 1. The number of para-hydroxylation sites is 1. The number of fused-ring (bicyclic) bond motifs is 3. The molecule has 2 aromatic rings. The van der Waals surface area contributed by atoms with E-state index in [-0.39, 0.29) is 34.7 Å². The Morgan fingerprint density at radius 3 is 2.92 bits per heavy atom. The van der Waals surface area contributed by atoms with Crippen molar-refractivity contribution in [2.75, 3.05) is 13.1 Å². The van der Waals surface area contributed by atoms with E-state index in [4.69, 9.17) is 0 Å². The summed E-state index contributed by atoms with van der Waals surface area (Å²) in [6, 6.07) is 8.40. The van der Waals surface area contributed by atoms with Crippen LogP contribution in [0.3, 0.4) is 0 Å². The van der Waals surface area contributed by atoms with Crippen LogP contribution < -0.4 is 0 Å². The van der Waals surface area contributed by atoms with Gasteiger partial charge in [0.15, 0.2) is 0 Å². The molecule has 3 aliphatic rings. The largest absolute Gasteiger partial charge is 0.340 e. The van der Waals surface area contributed by atoms with Crippen LogP contribution in [-0.2, 0) is 16.9 Å². The summed E-state index contributed by atoms with van der Waals surface area (Å²) in [7, 11) is 0. The highest BCUT2D eigenvalue weighted by atomic mass is 16.6. The fourth-order valence-electron chi connectivity index (χ4n) is 6.00. The average molecular weight is 339 g/mol. The number of hydrogen-bond acceptors (Lipinski definition) is 3. The quantitative estimate of drug-likeness (QED) is 0.624. The number of hydrogen-bond donors (Lipinski definition) is 0. The molecule has 1 aromatic carbocycles. The Morgan fingerprint density at radius 1 is 1.32 bits per heavy atom. The predicted molar refractivity (Wildman–Crippen MR) is 92.8 cm³/mol. The van der Waals surface area contributed by atoms with Crippen LogP contribution in [0, 0.1) is 28.9 Å². The molecule has 0 N–H and O–H groups in total. The molecule has 2 aliphatic heterocycles. The molecular formula is C19H21N3O3. The second-order valence-corrected chi connectivity index (χ2v) is 7.74. The van der Waals surface area contributed by atoms with Gasteiger partial charge in [-0.1, -0.05) is 18.2 Å². The van der Waals surface area contributed by atoms with Crippen LogP contribution in [0.4, 0.5) is 0 Å². The zero-order valence-electron chi connectivity index (χ0n) is 14.3. The maximum absolute atomic E-state index is 12.7. The molecule has 25 heavy (non-hydrogen) atoms. The number of rotatable bonds is 2. The van der Waals surface area contributed by atoms with Crippen molar-refractivity contribution in [3.8, 4) is 0 Å². The summed E-state index contributed by atoms with van der Waals surface area (Å²) in [5.74, 6) is 0.231. The Bertz CT molecular complexity index is 918. The van der Waals surface area contributed by atoms with Crippen LogP contribution in [-0.4, -0.2) is 33.4 Å². The third-order valence-corrected chi connectivity index (χ3v) is 6.82. The lowest BCUT2D eigenvalue weighted by Gasteiger charge is -2.44. The molecule has 130 valence electrons. The minimum Gasteiger partial charge on any atom is -0.340 e. The van der Waals surface area contributed by atoms with E-state index in [1.54, 1.807) is 0 Å². The van der Waals surface area contributed by atoms with Gasteiger partial charge < -0.3 is 9.47 Å². The van der Waals surface area contributed by atoms with Gasteiger partial charge in [-0.3, -0.25) is 14.9 Å². The van der Waals surface area contributed by atoms with Crippen molar-refractivity contribution in [1.29, 1.82) is 0 Å². The number of carbonyl (C=O) groups excluding carboxylic acids is 1. The van der Waals surface area contributed by atoms with Crippen molar-refractivity contribution in [3.05, 3.63) is 45.6 Å². The second-order valence-electron chi connectivity index (χ2n) is 7.74. The highest BCUT2D eigenvalue weighted by Crippen LogP contribution is 2.59. The molecule has 0 unspecified atom stereocenters. The number of benzene rings is 1. The molecule has 1 aliphatic carbocycles. The third-order valence-electron chi connectivity index (χ3n) is 6.82. The van der Waals surface area contributed by atoms with Gasteiger partial charge in [-0.25, -0.2) is 0 Å². The van der Waals surface area contributed by atoms with E-state index in [2.05, 4.69) is 40.7 Å². The zero-order chi connectivity index (χ0) is 17.3. The SMILES string of the molecule is Cc1c2n(c3ccccc13)CCN1C(=O)C[C@H]3[C@H](C[N+](=O)[O-])CC[C@]231. The Balaban J connectivity index is 1.74. The van der Waals surface area contributed by atoms with E-state index < -0.39 is 0 Å². The van der Waals surface area contributed by atoms with Gasteiger partial charge in [-0.2, -0.15) is 0 Å². The standard InChI is InChI=1S/C19H21N3O3/c1-12-14-4-2-3-5-16(14)20-8-9-21-17(23)10-15-13(11-22(24)25)6-7-19(15,21)18(12)20/h2-5,13,15H,6-11H2,1H3/t13-,15-,19+/m0/s1. The van der Waals surface area contributed by atoms with Gasteiger partial charge in [0.05, 0.1) is 5.54 Å². The van der Waals surface area contributed by atoms with Crippen LogP contribution in [0.25, 0.3) is 10.9 Å². The molecular weight excluding hydrogens is 318 g/mol. The number of aromatic nitrogens is 1. The van der Waals surface area contributed by atoms with Gasteiger partial charge in [-0.05, 0) is 31.4 Å². The molecule has 6 heteroatoms. The fraction of sp³-hybridized carbons (Fsp3) is 0.526. The number of carbonyl (C=O) groups is 1. The minimum atomic E-state index is -0.334. The molecule has 2 fully saturated rings. The Morgan fingerprint density at radius 2 is 2.12 bits per heavy atom. The summed E-state index contributed by atoms with van der Waals surface area (Å²) in [5, 5.41) is 12.4. The minimum absolute atomic E-state index is 0.00656. The molecule has 1 amide bonds. The molecule has 1 aromatic heterocycles. The molecule has 6 nitrogen and oxygen atoms in total. The first-order valence-electron chi connectivity index (χ1n) is 9.04. The Labute approximate surface area is 145 Å². The molecule has 1 spiro atoms. The number of nitro groups is 1.